The van der Waals surface area contributed by atoms with Crippen molar-refractivity contribution in [2.24, 2.45) is 0 Å². The number of hydrogen-bond donors (Lipinski definition) is 1. The molecule has 0 saturated carbocycles. The zero-order chi connectivity index (χ0) is 20.4. The van der Waals surface area contributed by atoms with E-state index in [1.165, 1.54) is 14.7 Å². The molecular formula is C22H30N4O2Sn. The fourth-order valence-corrected chi connectivity index (χ4v) is 7.86. The normalized spacial score (nSPS) is 15.6. The van der Waals surface area contributed by atoms with E-state index >= 15 is 0 Å². The molecule has 1 saturated heterocycles. The van der Waals surface area contributed by atoms with E-state index in [2.05, 4.69) is 43.0 Å². The molecule has 1 aliphatic heterocycles. The van der Waals surface area contributed by atoms with Gasteiger partial charge in [-0.1, -0.05) is 0 Å². The van der Waals surface area contributed by atoms with Gasteiger partial charge < -0.3 is 0 Å². The Kier molecular flexibility index (Phi) is 6.01. The summed E-state index contributed by atoms with van der Waals surface area (Å²) in [5.74, 6) is 1.86. The van der Waals surface area contributed by atoms with Crippen LogP contribution in [0.1, 0.15) is 18.4 Å². The SMILES string of the molecule is COc1ccc(Cn2n[c]([Sn]([CH3])([CH3])[CH3])c3c(NC4CCOCC4)nccc32)cc1. The Morgan fingerprint density at radius 2 is 1.86 bits per heavy atom. The van der Waals surface area contributed by atoms with E-state index in [9.17, 15) is 0 Å². The molecule has 6 nitrogen and oxygen atoms in total. The molecule has 1 aromatic carbocycles. The van der Waals surface area contributed by atoms with Gasteiger partial charge >= 0.3 is 177 Å². The van der Waals surface area contributed by atoms with Crippen LogP contribution >= 0.6 is 0 Å². The van der Waals surface area contributed by atoms with Crippen molar-refractivity contribution in [3.63, 3.8) is 0 Å². The minimum atomic E-state index is -2.47. The van der Waals surface area contributed by atoms with Crippen molar-refractivity contribution >= 4 is 38.8 Å². The Morgan fingerprint density at radius 3 is 2.52 bits per heavy atom. The zero-order valence-electron chi connectivity index (χ0n) is 17.7. The van der Waals surface area contributed by atoms with Crippen molar-refractivity contribution in [3.05, 3.63) is 42.1 Å². The average Bonchev–Trinajstić information content (AvgIpc) is 3.09. The molecule has 1 fully saturated rings. The van der Waals surface area contributed by atoms with Crippen LogP contribution in [-0.2, 0) is 11.3 Å². The fraction of sp³-hybridized carbons (Fsp3) is 0.455. The Hall–Kier alpha value is -1.80. The molecule has 0 bridgehead atoms. The van der Waals surface area contributed by atoms with E-state index in [0.717, 1.165) is 49.7 Å². The second-order valence-electron chi connectivity index (χ2n) is 8.69. The van der Waals surface area contributed by atoms with Crippen LogP contribution in [0.25, 0.3) is 10.9 Å². The van der Waals surface area contributed by atoms with E-state index in [-0.39, 0.29) is 0 Å². The monoisotopic (exact) mass is 502 g/mol. The van der Waals surface area contributed by atoms with Crippen molar-refractivity contribution in [2.45, 2.75) is 40.2 Å². The van der Waals surface area contributed by atoms with E-state index in [1.54, 1.807) is 7.11 Å². The first-order chi connectivity index (χ1) is 14.0. The third kappa shape index (κ3) is 4.53. The van der Waals surface area contributed by atoms with Crippen molar-refractivity contribution in [1.82, 2.24) is 14.8 Å². The summed E-state index contributed by atoms with van der Waals surface area (Å²) >= 11 is -2.47. The van der Waals surface area contributed by atoms with E-state index in [1.807, 2.05) is 18.3 Å². The fourth-order valence-electron chi connectivity index (χ4n) is 3.82. The summed E-state index contributed by atoms with van der Waals surface area (Å²) < 4.78 is 14.2. The zero-order valence-corrected chi connectivity index (χ0v) is 20.6. The number of anilines is 1. The molecule has 0 atom stereocenters. The second-order valence-corrected chi connectivity index (χ2v) is 22.9. The molecule has 0 radical (unpaired) electrons. The first-order valence-corrected chi connectivity index (χ1v) is 20.3. The van der Waals surface area contributed by atoms with Gasteiger partial charge in [0, 0.05) is 0 Å². The number of hydrogen-bond acceptors (Lipinski definition) is 5. The summed E-state index contributed by atoms with van der Waals surface area (Å²) in [6.07, 6.45) is 3.94. The van der Waals surface area contributed by atoms with Crippen LogP contribution in [0, 0.1) is 0 Å². The molecule has 0 aliphatic carbocycles. The van der Waals surface area contributed by atoms with Gasteiger partial charge in [0.15, 0.2) is 0 Å². The van der Waals surface area contributed by atoms with Crippen LogP contribution in [0.5, 0.6) is 5.75 Å². The number of nitrogens with one attached hydrogen (secondary N) is 1. The maximum absolute atomic E-state index is 5.51. The first kappa shape index (κ1) is 20.5. The van der Waals surface area contributed by atoms with Crippen LogP contribution in [0.15, 0.2) is 36.5 Å². The Labute approximate surface area is 176 Å². The summed E-state index contributed by atoms with van der Waals surface area (Å²) in [6, 6.07) is 10.7. The van der Waals surface area contributed by atoms with Gasteiger partial charge in [0.05, 0.1) is 0 Å². The molecule has 7 heteroatoms. The molecule has 4 rings (SSSR count). The van der Waals surface area contributed by atoms with Crippen LogP contribution in [0.2, 0.25) is 14.8 Å². The Bertz CT molecular complexity index is 973. The van der Waals surface area contributed by atoms with Gasteiger partial charge in [0.25, 0.3) is 0 Å². The second kappa shape index (κ2) is 8.52. The molecule has 0 amide bonds. The van der Waals surface area contributed by atoms with E-state index in [0.29, 0.717) is 6.04 Å². The number of ether oxygens (including phenoxy) is 2. The summed E-state index contributed by atoms with van der Waals surface area (Å²) in [6.45, 7) is 2.37. The molecule has 3 heterocycles. The summed E-state index contributed by atoms with van der Waals surface area (Å²) in [5.41, 5.74) is 2.37. The Balaban J connectivity index is 1.74. The molecule has 2 aromatic heterocycles. The van der Waals surface area contributed by atoms with Gasteiger partial charge in [-0.2, -0.15) is 0 Å². The molecule has 0 unspecified atom stereocenters. The van der Waals surface area contributed by atoms with Crippen molar-refractivity contribution < 1.29 is 9.47 Å². The summed E-state index contributed by atoms with van der Waals surface area (Å²) in [5, 5.41) is 10.0. The maximum atomic E-state index is 5.51. The number of benzene rings is 1. The van der Waals surface area contributed by atoms with Crippen LogP contribution < -0.4 is 13.8 Å². The molecule has 154 valence electrons. The predicted octanol–water partition coefficient (Wildman–Crippen LogP) is 3.62. The van der Waals surface area contributed by atoms with Gasteiger partial charge in [-0.3, -0.25) is 0 Å². The van der Waals surface area contributed by atoms with Crippen LogP contribution in [0.3, 0.4) is 0 Å². The van der Waals surface area contributed by atoms with Crippen molar-refractivity contribution in [2.75, 3.05) is 25.6 Å². The Morgan fingerprint density at radius 1 is 1.14 bits per heavy atom. The molecule has 0 spiro atoms. The molecule has 29 heavy (non-hydrogen) atoms. The van der Waals surface area contributed by atoms with Gasteiger partial charge in [-0.05, 0) is 0 Å². The number of pyridine rings is 1. The topological polar surface area (TPSA) is 61.2 Å². The van der Waals surface area contributed by atoms with Crippen molar-refractivity contribution in [3.8, 4) is 5.75 Å². The average molecular weight is 501 g/mol. The molecule has 3 aromatic rings. The third-order valence-electron chi connectivity index (χ3n) is 5.43. The number of fused-ring (bicyclic) bond motifs is 1. The predicted molar refractivity (Wildman–Crippen MR) is 120 cm³/mol. The van der Waals surface area contributed by atoms with Crippen molar-refractivity contribution in [1.29, 1.82) is 0 Å². The van der Waals surface area contributed by atoms with E-state index in [4.69, 9.17) is 19.6 Å². The van der Waals surface area contributed by atoms with Crippen LogP contribution in [0.4, 0.5) is 5.82 Å². The van der Waals surface area contributed by atoms with Gasteiger partial charge in [-0.25, -0.2) is 0 Å². The molecule has 1 N–H and O–H groups in total. The number of rotatable bonds is 6. The number of methoxy groups -OCH3 is 1. The van der Waals surface area contributed by atoms with Gasteiger partial charge in [0.2, 0.25) is 0 Å². The number of aromatic nitrogens is 3. The summed E-state index contributed by atoms with van der Waals surface area (Å²) in [4.78, 5) is 12.0. The standard InChI is InChI=1S/C19H21N4O2.3CH3.Sn/c1-24-16-4-2-14(3-5-16)13-23-18-6-9-20-19(17(18)12-21-23)22-15-7-10-25-11-8-15;;;;/h2-6,9,15H,7-8,10-11,13H2,1H3,(H,20,22);3*1H3;. The van der Waals surface area contributed by atoms with E-state index < -0.39 is 18.4 Å². The van der Waals surface area contributed by atoms with Gasteiger partial charge in [-0.15, -0.1) is 0 Å². The number of nitrogens with zero attached hydrogens (tertiary/aromatic N) is 3. The van der Waals surface area contributed by atoms with Gasteiger partial charge in [0.1, 0.15) is 0 Å². The molecular weight excluding hydrogens is 471 g/mol. The molecule has 1 aliphatic rings. The van der Waals surface area contributed by atoms with Crippen LogP contribution in [-0.4, -0.2) is 59.5 Å². The summed E-state index contributed by atoms with van der Waals surface area (Å²) in [7, 11) is 1.69. The third-order valence-corrected chi connectivity index (χ3v) is 10.5. The quantitative estimate of drug-likeness (QED) is 0.524. The minimum absolute atomic E-state index is 0.412. The first-order valence-electron chi connectivity index (χ1n) is 10.3.